The van der Waals surface area contributed by atoms with Gasteiger partial charge in [0.05, 0.1) is 17.7 Å². The Kier molecular flexibility index (Phi) is 3.40. The smallest absolute Gasteiger partial charge is 0.0994 e. The average Bonchev–Trinajstić information content (AvgIpc) is 2.38. The Morgan fingerprint density at radius 2 is 2.11 bits per heavy atom. The minimum absolute atomic E-state index is 0.543. The summed E-state index contributed by atoms with van der Waals surface area (Å²) in [5, 5.41) is 18.7. The van der Waals surface area contributed by atoms with Crippen LogP contribution < -0.4 is 0 Å². The molecular formula is C15H14N2O. The topological polar surface area (TPSA) is 56.9 Å². The van der Waals surface area contributed by atoms with Gasteiger partial charge in [-0.15, -0.1) is 0 Å². The van der Waals surface area contributed by atoms with E-state index in [4.69, 9.17) is 5.26 Å². The number of aryl methyl sites for hydroxylation is 1. The van der Waals surface area contributed by atoms with E-state index in [0.29, 0.717) is 5.56 Å². The third-order valence-electron chi connectivity index (χ3n) is 2.96. The second kappa shape index (κ2) is 4.99. The largest absolute Gasteiger partial charge is 0.389 e. The van der Waals surface area contributed by atoms with Crippen molar-refractivity contribution in [1.29, 1.82) is 5.26 Å². The highest BCUT2D eigenvalue weighted by Crippen LogP contribution is 2.28. The number of aromatic nitrogens is 1. The Morgan fingerprint density at radius 3 is 2.72 bits per heavy atom. The summed E-state index contributed by atoms with van der Waals surface area (Å²) in [6.07, 6.45) is 2.87. The number of hydrogen-bond acceptors (Lipinski definition) is 3. The van der Waals surface area contributed by atoms with E-state index in [2.05, 4.69) is 11.1 Å². The Balaban J connectivity index is 2.56. The molecule has 1 aromatic carbocycles. The number of hydrogen-bond donors (Lipinski definition) is 1. The predicted octanol–water partition coefficient (Wildman–Crippen LogP) is 2.98. The lowest BCUT2D eigenvalue weighted by molar-refractivity contribution is 0.200. The molecule has 2 rings (SSSR count). The van der Waals surface area contributed by atoms with Crippen LogP contribution in [0, 0.1) is 18.3 Å². The van der Waals surface area contributed by atoms with Crippen LogP contribution in [0.2, 0.25) is 0 Å². The van der Waals surface area contributed by atoms with Crippen LogP contribution in [0.25, 0.3) is 11.1 Å². The quantitative estimate of drug-likeness (QED) is 0.875. The van der Waals surface area contributed by atoms with Gasteiger partial charge in [-0.1, -0.05) is 12.1 Å². The maximum atomic E-state index is 9.76. The molecule has 0 spiro atoms. The second-order valence-corrected chi connectivity index (χ2v) is 4.28. The van der Waals surface area contributed by atoms with Crippen LogP contribution in [0.4, 0.5) is 0 Å². The van der Waals surface area contributed by atoms with Gasteiger partial charge < -0.3 is 5.11 Å². The van der Waals surface area contributed by atoms with E-state index in [1.54, 1.807) is 25.4 Å². The Hall–Kier alpha value is -2.18. The lowest BCUT2D eigenvalue weighted by Gasteiger charge is -2.12. The number of nitrogens with zero attached hydrogens (tertiary/aromatic N) is 2. The molecule has 3 heteroatoms. The van der Waals surface area contributed by atoms with Gasteiger partial charge in [0, 0.05) is 18.0 Å². The van der Waals surface area contributed by atoms with Crippen LogP contribution in [0.15, 0.2) is 36.7 Å². The molecule has 0 radical (unpaired) electrons. The molecule has 90 valence electrons. The van der Waals surface area contributed by atoms with Crippen molar-refractivity contribution in [3.8, 4) is 17.2 Å². The van der Waals surface area contributed by atoms with Gasteiger partial charge >= 0.3 is 0 Å². The normalized spacial score (nSPS) is 11.9. The molecule has 1 atom stereocenters. The summed E-state index contributed by atoms with van der Waals surface area (Å²) < 4.78 is 0. The minimum Gasteiger partial charge on any atom is -0.389 e. The van der Waals surface area contributed by atoms with E-state index in [-0.39, 0.29) is 0 Å². The molecule has 0 saturated carbocycles. The molecule has 0 amide bonds. The number of nitriles is 1. The summed E-state index contributed by atoms with van der Waals surface area (Å²) in [6, 6.07) is 9.58. The molecule has 1 heterocycles. The molecular weight excluding hydrogens is 224 g/mol. The van der Waals surface area contributed by atoms with E-state index in [0.717, 1.165) is 22.3 Å². The number of pyridine rings is 1. The molecule has 1 unspecified atom stereocenters. The summed E-state index contributed by atoms with van der Waals surface area (Å²) >= 11 is 0. The van der Waals surface area contributed by atoms with Crippen molar-refractivity contribution in [3.63, 3.8) is 0 Å². The lowest BCUT2D eigenvalue weighted by atomic mass is 9.96. The van der Waals surface area contributed by atoms with Crippen molar-refractivity contribution < 1.29 is 5.11 Å². The van der Waals surface area contributed by atoms with E-state index in [1.165, 1.54) is 0 Å². The third kappa shape index (κ3) is 2.24. The van der Waals surface area contributed by atoms with Gasteiger partial charge in [-0.05, 0) is 42.7 Å². The van der Waals surface area contributed by atoms with Crippen LogP contribution in [-0.2, 0) is 0 Å². The summed E-state index contributed by atoms with van der Waals surface area (Å²) in [4.78, 5) is 4.10. The zero-order valence-electron chi connectivity index (χ0n) is 10.4. The summed E-state index contributed by atoms with van der Waals surface area (Å²) in [5.74, 6) is 0. The fraction of sp³-hybridized carbons (Fsp3) is 0.200. The molecule has 0 aliphatic carbocycles. The Bertz CT molecular complexity index is 612. The van der Waals surface area contributed by atoms with Crippen LogP contribution >= 0.6 is 0 Å². The van der Waals surface area contributed by atoms with Crippen LogP contribution in [0.5, 0.6) is 0 Å². The molecule has 0 aliphatic heterocycles. The number of rotatable bonds is 2. The van der Waals surface area contributed by atoms with Crippen LogP contribution in [0.3, 0.4) is 0 Å². The van der Waals surface area contributed by atoms with Crippen molar-refractivity contribution in [2.75, 3.05) is 0 Å². The van der Waals surface area contributed by atoms with Gasteiger partial charge in [-0.25, -0.2) is 0 Å². The number of aliphatic hydroxyl groups excluding tert-OH is 1. The van der Waals surface area contributed by atoms with Crippen LogP contribution in [-0.4, -0.2) is 10.1 Å². The van der Waals surface area contributed by atoms with Gasteiger partial charge in [-0.2, -0.15) is 5.26 Å². The third-order valence-corrected chi connectivity index (χ3v) is 2.96. The van der Waals surface area contributed by atoms with Crippen molar-refractivity contribution in [3.05, 3.63) is 53.3 Å². The summed E-state index contributed by atoms with van der Waals surface area (Å²) in [6.45, 7) is 3.63. The zero-order chi connectivity index (χ0) is 13.1. The van der Waals surface area contributed by atoms with Crippen LogP contribution in [0.1, 0.15) is 29.7 Å². The first-order valence-corrected chi connectivity index (χ1v) is 5.76. The van der Waals surface area contributed by atoms with E-state index < -0.39 is 6.10 Å². The van der Waals surface area contributed by atoms with Crippen molar-refractivity contribution in [1.82, 2.24) is 4.98 Å². The van der Waals surface area contributed by atoms with Crippen molar-refractivity contribution in [2.45, 2.75) is 20.0 Å². The summed E-state index contributed by atoms with van der Waals surface area (Å²) in [5.41, 5.74) is 4.31. The van der Waals surface area contributed by atoms with Crippen molar-refractivity contribution in [2.24, 2.45) is 0 Å². The Labute approximate surface area is 106 Å². The molecule has 0 bridgehead atoms. The Morgan fingerprint density at radius 1 is 1.33 bits per heavy atom. The maximum Gasteiger partial charge on any atom is 0.0994 e. The first-order chi connectivity index (χ1) is 8.63. The van der Waals surface area contributed by atoms with Gasteiger partial charge in [-0.3, -0.25) is 4.98 Å². The number of benzene rings is 1. The van der Waals surface area contributed by atoms with Gasteiger partial charge in [0.2, 0.25) is 0 Å². The highest BCUT2D eigenvalue weighted by molar-refractivity contribution is 5.68. The monoisotopic (exact) mass is 238 g/mol. The highest BCUT2D eigenvalue weighted by atomic mass is 16.3. The molecule has 1 aromatic heterocycles. The van der Waals surface area contributed by atoms with Crippen molar-refractivity contribution >= 4 is 0 Å². The van der Waals surface area contributed by atoms with Gasteiger partial charge in [0.25, 0.3) is 0 Å². The maximum absolute atomic E-state index is 9.76. The molecule has 3 nitrogen and oxygen atoms in total. The fourth-order valence-electron chi connectivity index (χ4n) is 1.97. The average molecular weight is 238 g/mol. The van der Waals surface area contributed by atoms with Gasteiger partial charge in [0.15, 0.2) is 0 Å². The number of aliphatic hydroxyl groups is 1. The minimum atomic E-state index is -0.543. The molecule has 0 fully saturated rings. The lowest BCUT2D eigenvalue weighted by Crippen LogP contribution is -1.96. The first kappa shape index (κ1) is 12.3. The fourth-order valence-corrected chi connectivity index (χ4v) is 1.97. The van der Waals surface area contributed by atoms with Gasteiger partial charge in [0.1, 0.15) is 0 Å². The molecule has 1 N–H and O–H groups in total. The first-order valence-electron chi connectivity index (χ1n) is 5.76. The standard InChI is InChI=1S/C15H14N2O/c1-10-7-12(3-4-13(10)8-16)15-9-17-6-5-14(15)11(2)18/h3-7,9,11,18H,1-2H3. The zero-order valence-corrected chi connectivity index (χ0v) is 10.4. The van der Waals surface area contributed by atoms with E-state index in [9.17, 15) is 5.11 Å². The highest BCUT2D eigenvalue weighted by Gasteiger charge is 2.10. The SMILES string of the molecule is Cc1cc(-c2cnccc2C(C)O)ccc1C#N. The molecule has 18 heavy (non-hydrogen) atoms. The molecule has 0 aliphatic rings. The second-order valence-electron chi connectivity index (χ2n) is 4.28. The predicted molar refractivity (Wildman–Crippen MR) is 69.8 cm³/mol. The van der Waals surface area contributed by atoms with E-state index in [1.807, 2.05) is 25.1 Å². The summed E-state index contributed by atoms with van der Waals surface area (Å²) in [7, 11) is 0. The molecule has 2 aromatic rings. The van der Waals surface area contributed by atoms with E-state index >= 15 is 0 Å². The molecule has 0 saturated heterocycles.